The lowest BCUT2D eigenvalue weighted by Crippen LogP contribution is -2.45. The Bertz CT molecular complexity index is 1180. The van der Waals surface area contributed by atoms with Crippen molar-refractivity contribution in [3.63, 3.8) is 0 Å². The van der Waals surface area contributed by atoms with Gasteiger partial charge in [-0.1, -0.05) is 30.3 Å². The number of fused-ring (bicyclic) bond motifs is 1. The summed E-state index contributed by atoms with van der Waals surface area (Å²) in [4.78, 5) is 31.1. The van der Waals surface area contributed by atoms with Gasteiger partial charge in [0.25, 0.3) is 0 Å². The van der Waals surface area contributed by atoms with Crippen molar-refractivity contribution in [3.05, 3.63) is 77.1 Å². The van der Waals surface area contributed by atoms with E-state index in [1.807, 2.05) is 30.6 Å². The third-order valence-corrected chi connectivity index (χ3v) is 5.40. The van der Waals surface area contributed by atoms with Gasteiger partial charge in [0.15, 0.2) is 0 Å². The van der Waals surface area contributed by atoms with Gasteiger partial charge >= 0.3 is 12.1 Å². The topological polar surface area (TPSA) is 80.8 Å². The first-order chi connectivity index (χ1) is 16.5. The Hall–Kier alpha value is -3.45. The molecule has 0 saturated heterocycles. The van der Waals surface area contributed by atoms with Gasteiger partial charge in [-0.25, -0.2) is 9.59 Å². The molecule has 0 fully saturated rings. The van der Waals surface area contributed by atoms with Gasteiger partial charge in [0.1, 0.15) is 11.6 Å². The van der Waals surface area contributed by atoms with E-state index < -0.39 is 23.7 Å². The quantitative estimate of drug-likeness (QED) is 0.481. The highest BCUT2D eigenvalue weighted by atomic mass is 16.6. The zero-order valence-corrected chi connectivity index (χ0v) is 21.4. The van der Waals surface area contributed by atoms with Crippen LogP contribution in [0.4, 0.5) is 4.79 Å². The molecule has 1 atom stereocenters. The van der Waals surface area contributed by atoms with Crippen LogP contribution in [0, 0.1) is 0 Å². The molecule has 0 bridgehead atoms. The van der Waals surface area contributed by atoms with Crippen LogP contribution in [0.2, 0.25) is 0 Å². The molecule has 0 radical (unpaired) electrons. The summed E-state index contributed by atoms with van der Waals surface area (Å²) in [5, 5.41) is 4.93. The molecule has 0 unspecified atom stereocenters. The Labute approximate surface area is 207 Å². The number of ether oxygens (including phenoxy) is 2. The van der Waals surface area contributed by atoms with Gasteiger partial charge in [-0.05, 0) is 81.1 Å². The van der Waals surface area contributed by atoms with Crippen LogP contribution >= 0.6 is 0 Å². The number of carbonyl (C=O) groups excluding carboxylic acids is 2. The average molecular weight is 478 g/mol. The molecule has 2 aromatic carbocycles. The number of alkyl carbamates (subject to hydrolysis) is 1. The third kappa shape index (κ3) is 7.79. The molecule has 0 aliphatic rings. The number of esters is 1. The lowest BCUT2D eigenvalue weighted by Gasteiger charge is -2.22. The minimum absolute atomic E-state index is 0.294. The Morgan fingerprint density at radius 1 is 1.06 bits per heavy atom. The molecular formula is C28H35N3O4. The van der Waals surface area contributed by atoms with E-state index in [2.05, 4.69) is 53.6 Å². The fourth-order valence-electron chi connectivity index (χ4n) is 4.05. The summed E-state index contributed by atoms with van der Waals surface area (Å²) in [6, 6.07) is 13.7. The Morgan fingerprint density at radius 2 is 1.80 bits per heavy atom. The normalized spacial score (nSPS) is 12.4. The number of rotatable bonds is 8. The molecule has 3 rings (SSSR count). The Balaban J connectivity index is 1.84. The number of carbonyl (C=O) groups is 2. The lowest BCUT2D eigenvalue weighted by molar-refractivity contribution is -0.143. The summed E-state index contributed by atoms with van der Waals surface area (Å²) >= 11 is 0. The van der Waals surface area contributed by atoms with Crippen LogP contribution in [0.25, 0.3) is 10.8 Å². The van der Waals surface area contributed by atoms with Crippen molar-refractivity contribution >= 4 is 22.8 Å². The summed E-state index contributed by atoms with van der Waals surface area (Å²) in [6.07, 6.45) is 4.09. The smallest absolute Gasteiger partial charge is 0.408 e. The minimum Gasteiger partial charge on any atom is -0.467 e. The van der Waals surface area contributed by atoms with Crippen LogP contribution < -0.4 is 5.32 Å². The van der Waals surface area contributed by atoms with Crippen LogP contribution in [0.5, 0.6) is 0 Å². The van der Waals surface area contributed by atoms with Crippen molar-refractivity contribution in [2.75, 3.05) is 21.2 Å². The van der Waals surface area contributed by atoms with Gasteiger partial charge in [-0.15, -0.1) is 0 Å². The van der Waals surface area contributed by atoms with Crippen molar-refractivity contribution in [3.8, 4) is 0 Å². The molecule has 7 heteroatoms. The monoisotopic (exact) mass is 477 g/mol. The number of benzene rings is 2. The van der Waals surface area contributed by atoms with Gasteiger partial charge < -0.3 is 19.7 Å². The van der Waals surface area contributed by atoms with Crippen molar-refractivity contribution in [1.82, 2.24) is 15.2 Å². The minimum atomic E-state index is -0.849. The number of methoxy groups -OCH3 is 1. The standard InChI is InChI=1S/C28H35N3O4/c1-28(2,3)35-27(33)30-25(26(32)34-6)16-20-9-7-8-19(12-20)13-23-15-21(18-31(4)5)14-22-10-11-29-17-24(22)23/h7-12,14-15,17,25H,13,16,18H2,1-6H3,(H,30,33)/t25-/m0/s1. The van der Waals surface area contributed by atoms with Gasteiger partial charge in [0.05, 0.1) is 7.11 Å². The molecule has 1 N–H and O–H groups in total. The summed E-state index contributed by atoms with van der Waals surface area (Å²) in [7, 11) is 5.42. The van der Waals surface area contributed by atoms with Crippen LogP contribution in [0.15, 0.2) is 54.9 Å². The highest BCUT2D eigenvalue weighted by Crippen LogP contribution is 2.24. The average Bonchev–Trinajstić information content (AvgIpc) is 2.76. The molecule has 1 aromatic heterocycles. The zero-order valence-electron chi connectivity index (χ0n) is 21.4. The largest absolute Gasteiger partial charge is 0.467 e. The first kappa shape index (κ1) is 26.2. The maximum absolute atomic E-state index is 12.4. The van der Waals surface area contributed by atoms with Gasteiger partial charge in [0.2, 0.25) is 0 Å². The van der Waals surface area contributed by atoms with Crippen molar-refractivity contribution in [1.29, 1.82) is 0 Å². The SMILES string of the molecule is COC(=O)[C@H](Cc1cccc(Cc2cc(CN(C)C)cc3ccncc23)c1)NC(=O)OC(C)(C)C. The van der Waals surface area contributed by atoms with E-state index in [4.69, 9.17) is 9.47 Å². The number of aromatic nitrogens is 1. The van der Waals surface area contributed by atoms with E-state index in [0.717, 1.165) is 34.9 Å². The number of nitrogens with zero attached hydrogens (tertiary/aromatic N) is 2. The summed E-state index contributed by atoms with van der Waals surface area (Å²) < 4.78 is 10.2. The van der Waals surface area contributed by atoms with Crippen LogP contribution in [0.3, 0.4) is 0 Å². The van der Waals surface area contributed by atoms with Crippen LogP contribution in [-0.4, -0.2) is 54.8 Å². The second kappa shape index (κ2) is 11.3. The maximum Gasteiger partial charge on any atom is 0.408 e. The van der Waals surface area contributed by atoms with Crippen molar-refractivity contribution < 1.29 is 19.1 Å². The lowest BCUT2D eigenvalue weighted by atomic mass is 9.95. The van der Waals surface area contributed by atoms with Gasteiger partial charge in [-0.2, -0.15) is 0 Å². The Morgan fingerprint density at radius 3 is 2.49 bits per heavy atom. The molecule has 35 heavy (non-hydrogen) atoms. The van der Waals surface area contributed by atoms with Gasteiger partial charge in [0, 0.05) is 30.7 Å². The van der Waals surface area contributed by atoms with E-state index in [9.17, 15) is 9.59 Å². The molecule has 0 spiro atoms. The second-order valence-electron chi connectivity index (χ2n) is 10.0. The van der Waals surface area contributed by atoms with E-state index in [1.165, 1.54) is 18.2 Å². The van der Waals surface area contributed by atoms with Crippen molar-refractivity contribution in [2.45, 2.75) is 51.8 Å². The number of amides is 1. The molecule has 0 saturated carbocycles. The molecule has 1 heterocycles. The number of nitrogens with one attached hydrogen (secondary N) is 1. The number of hydrogen-bond acceptors (Lipinski definition) is 6. The predicted molar refractivity (Wildman–Crippen MR) is 137 cm³/mol. The molecule has 1 amide bonds. The summed E-state index contributed by atoms with van der Waals surface area (Å²) in [5.41, 5.74) is 3.80. The molecule has 0 aliphatic heterocycles. The van der Waals surface area contributed by atoms with E-state index in [-0.39, 0.29) is 0 Å². The Kier molecular flexibility index (Phi) is 8.46. The zero-order chi connectivity index (χ0) is 25.6. The predicted octanol–water partition coefficient (Wildman–Crippen LogP) is 4.50. The summed E-state index contributed by atoms with van der Waals surface area (Å²) in [5.74, 6) is -0.519. The summed E-state index contributed by atoms with van der Waals surface area (Å²) in [6.45, 7) is 6.17. The van der Waals surface area contributed by atoms with E-state index >= 15 is 0 Å². The van der Waals surface area contributed by atoms with Gasteiger partial charge in [-0.3, -0.25) is 4.98 Å². The second-order valence-corrected chi connectivity index (χ2v) is 10.0. The number of pyridine rings is 1. The highest BCUT2D eigenvalue weighted by molar-refractivity contribution is 5.86. The third-order valence-electron chi connectivity index (χ3n) is 5.40. The fourth-order valence-corrected chi connectivity index (χ4v) is 4.05. The van der Waals surface area contributed by atoms with E-state index in [1.54, 1.807) is 20.8 Å². The van der Waals surface area contributed by atoms with E-state index in [0.29, 0.717) is 6.42 Å². The molecular weight excluding hydrogens is 442 g/mol. The maximum atomic E-state index is 12.4. The molecule has 7 nitrogen and oxygen atoms in total. The first-order valence-corrected chi connectivity index (χ1v) is 11.7. The molecule has 3 aromatic rings. The van der Waals surface area contributed by atoms with Crippen LogP contribution in [-0.2, 0) is 33.7 Å². The fraction of sp³-hybridized carbons (Fsp3) is 0.393. The number of hydrogen-bond donors (Lipinski definition) is 1. The molecule has 0 aliphatic carbocycles. The van der Waals surface area contributed by atoms with Crippen LogP contribution in [0.1, 0.15) is 43.0 Å². The van der Waals surface area contributed by atoms with Crippen molar-refractivity contribution in [2.24, 2.45) is 0 Å². The highest BCUT2D eigenvalue weighted by Gasteiger charge is 2.25. The molecule has 186 valence electrons. The first-order valence-electron chi connectivity index (χ1n) is 11.7.